The van der Waals surface area contributed by atoms with E-state index in [1.807, 2.05) is 11.3 Å². The standard InChI is InChI=1S/C52H34N4S/c1-4-16-37(17-5-1)52(38-18-6-2-7-19-38,39-20-8-3-9-21-39)40-31-28-35(29-32-40)49-53-50(36-30-33-48-44(34-36)43-24-12-15-27-47(43)57-48)55-51(54-49)56-45-25-13-10-22-41(45)42-23-11-14-26-46(42)56/h1-34H. The molecule has 0 atom stereocenters. The Kier molecular flexibility index (Phi) is 7.86. The zero-order chi connectivity index (χ0) is 37.8. The van der Waals surface area contributed by atoms with Gasteiger partial charge in [-0.2, -0.15) is 9.97 Å². The first kappa shape index (κ1) is 33.2. The Bertz CT molecular complexity index is 3070. The van der Waals surface area contributed by atoms with Crippen LogP contribution in [0, 0.1) is 0 Å². The number of aromatic nitrogens is 4. The largest absolute Gasteiger partial charge is 0.278 e. The van der Waals surface area contributed by atoms with Crippen molar-refractivity contribution in [2.75, 3.05) is 0 Å². The van der Waals surface area contributed by atoms with Crippen LogP contribution in [0.15, 0.2) is 206 Å². The van der Waals surface area contributed by atoms with Crippen molar-refractivity contribution in [1.29, 1.82) is 0 Å². The third-order valence-electron chi connectivity index (χ3n) is 11.2. The minimum atomic E-state index is -0.556. The first-order valence-corrected chi connectivity index (χ1v) is 20.0. The van der Waals surface area contributed by atoms with Gasteiger partial charge < -0.3 is 0 Å². The Balaban J connectivity index is 1.13. The quantitative estimate of drug-likeness (QED) is 0.153. The van der Waals surface area contributed by atoms with Gasteiger partial charge in [0.05, 0.1) is 16.4 Å². The SMILES string of the molecule is c1ccc(C(c2ccccc2)(c2ccccc2)c2ccc(-c3nc(-c4ccc5sc6ccccc6c5c4)nc(-n4c5ccccc5c5ccccc54)n3)cc2)cc1. The maximum Gasteiger partial charge on any atom is 0.238 e. The summed E-state index contributed by atoms with van der Waals surface area (Å²) in [7, 11) is 0. The summed E-state index contributed by atoms with van der Waals surface area (Å²) in [6, 6.07) is 73.4. The van der Waals surface area contributed by atoms with E-state index in [1.54, 1.807) is 0 Å². The number of fused-ring (bicyclic) bond motifs is 6. The van der Waals surface area contributed by atoms with Gasteiger partial charge in [0.15, 0.2) is 11.6 Å². The molecule has 11 aromatic rings. The van der Waals surface area contributed by atoms with E-state index in [-0.39, 0.29) is 0 Å². The third kappa shape index (κ3) is 5.39. The number of thiophene rings is 1. The van der Waals surface area contributed by atoms with Crippen LogP contribution in [-0.4, -0.2) is 19.5 Å². The van der Waals surface area contributed by atoms with Crippen LogP contribution < -0.4 is 0 Å². The van der Waals surface area contributed by atoms with Crippen molar-refractivity contribution in [2.24, 2.45) is 0 Å². The van der Waals surface area contributed by atoms with Gasteiger partial charge in [-0.25, -0.2) is 4.98 Å². The van der Waals surface area contributed by atoms with Crippen LogP contribution >= 0.6 is 11.3 Å². The van der Waals surface area contributed by atoms with Crippen molar-refractivity contribution in [3.8, 4) is 28.7 Å². The Morgan fingerprint density at radius 1 is 0.351 bits per heavy atom. The van der Waals surface area contributed by atoms with E-state index < -0.39 is 5.41 Å². The molecule has 8 aromatic carbocycles. The maximum absolute atomic E-state index is 5.28. The lowest BCUT2D eigenvalue weighted by Gasteiger charge is -2.37. The van der Waals surface area contributed by atoms with Crippen LogP contribution in [0.2, 0.25) is 0 Å². The first-order chi connectivity index (χ1) is 28.3. The molecule has 0 aliphatic rings. The van der Waals surface area contributed by atoms with Gasteiger partial charge >= 0.3 is 0 Å². The molecule has 57 heavy (non-hydrogen) atoms. The summed E-state index contributed by atoms with van der Waals surface area (Å²) in [6.45, 7) is 0. The van der Waals surface area contributed by atoms with Crippen LogP contribution in [0.4, 0.5) is 0 Å². The molecule has 11 rings (SSSR count). The van der Waals surface area contributed by atoms with E-state index in [0.717, 1.165) is 38.5 Å². The second-order valence-electron chi connectivity index (χ2n) is 14.4. The van der Waals surface area contributed by atoms with Crippen molar-refractivity contribution >= 4 is 53.3 Å². The van der Waals surface area contributed by atoms with Crippen LogP contribution in [0.3, 0.4) is 0 Å². The zero-order valence-electron chi connectivity index (χ0n) is 30.8. The van der Waals surface area contributed by atoms with Gasteiger partial charge in [-0.1, -0.05) is 170 Å². The fourth-order valence-corrected chi connectivity index (χ4v) is 9.75. The summed E-state index contributed by atoms with van der Waals surface area (Å²) in [4.78, 5) is 15.8. The molecule has 0 unspecified atom stereocenters. The lowest BCUT2D eigenvalue weighted by molar-refractivity contribution is 0.745. The highest BCUT2D eigenvalue weighted by molar-refractivity contribution is 7.25. The molecule has 0 aliphatic heterocycles. The fraction of sp³-hybridized carbons (Fsp3) is 0.0192. The number of nitrogens with zero attached hydrogens (tertiary/aromatic N) is 4. The van der Waals surface area contributed by atoms with Crippen molar-refractivity contribution < 1.29 is 0 Å². The monoisotopic (exact) mass is 746 g/mol. The van der Waals surface area contributed by atoms with Crippen LogP contribution in [0.1, 0.15) is 22.3 Å². The predicted molar refractivity (Wildman–Crippen MR) is 236 cm³/mol. The van der Waals surface area contributed by atoms with Gasteiger partial charge in [0.2, 0.25) is 5.95 Å². The second-order valence-corrected chi connectivity index (χ2v) is 15.5. The summed E-state index contributed by atoms with van der Waals surface area (Å²) < 4.78 is 4.69. The molecule has 0 saturated heterocycles. The molecule has 3 heterocycles. The number of hydrogen-bond acceptors (Lipinski definition) is 4. The van der Waals surface area contributed by atoms with E-state index >= 15 is 0 Å². The Labute approximate surface area is 334 Å². The highest BCUT2D eigenvalue weighted by Crippen LogP contribution is 2.45. The molecule has 5 heteroatoms. The van der Waals surface area contributed by atoms with Crippen LogP contribution in [0.25, 0.3) is 70.7 Å². The van der Waals surface area contributed by atoms with Crippen molar-refractivity contribution in [3.63, 3.8) is 0 Å². The summed E-state index contributed by atoms with van der Waals surface area (Å²) in [5, 5.41) is 4.76. The lowest BCUT2D eigenvalue weighted by Crippen LogP contribution is -2.30. The normalized spacial score (nSPS) is 11.9. The summed E-state index contributed by atoms with van der Waals surface area (Å²) in [6.07, 6.45) is 0. The highest BCUT2D eigenvalue weighted by atomic mass is 32.1. The topological polar surface area (TPSA) is 43.6 Å². The molecule has 0 saturated carbocycles. The van der Waals surface area contributed by atoms with Gasteiger partial charge in [0.1, 0.15) is 0 Å². The number of rotatable bonds is 7. The Morgan fingerprint density at radius 2 is 0.789 bits per heavy atom. The number of benzene rings is 8. The molecule has 268 valence electrons. The number of para-hydroxylation sites is 2. The fourth-order valence-electron chi connectivity index (χ4n) is 8.66. The summed E-state index contributed by atoms with van der Waals surface area (Å²) in [5.74, 6) is 1.83. The molecule has 0 amide bonds. The van der Waals surface area contributed by atoms with Gasteiger partial charge in [0.25, 0.3) is 0 Å². The van der Waals surface area contributed by atoms with E-state index in [0.29, 0.717) is 17.6 Å². The second kappa shape index (κ2) is 13.5. The Morgan fingerprint density at radius 3 is 1.37 bits per heavy atom. The lowest BCUT2D eigenvalue weighted by atomic mass is 9.65. The van der Waals surface area contributed by atoms with Gasteiger partial charge in [-0.05, 0) is 58.7 Å². The molecule has 0 radical (unpaired) electrons. The van der Waals surface area contributed by atoms with Crippen LogP contribution in [0.5, 0.6) is 0 Å². The summed E-state index contributed by atoms with van der Waals surface area (Å²) >= 11 is 1.81. The van der Waals surface area contributed by atoms with Crippen molar-refractivity contribution in [2.45, 2.75) is 5.41 Å². The van der Waals surface area contributed by atoms with Gasteiger partial charge in [0, 0.05) is 42.1 Å². The van der Waals surface area contributed by atoms with Crippen molar-refractivity contribution in [1.82, 2.24) is 19.5 Å². The Hall–Kier alpha value is -7.21. The molecular formula is C52H34N4S. The molecule has 0 fully saturated rings. The number of hydrogen-bond donors (Lipinski definition) is 0. The minimum absolute atomic E-state index is 0.556. The molecule has 0 spiro atoms. The molecular weight excluding hydrogens is 713 g/mol. The minimum Gasteiger partial charge on any atom is -0.278 e. The van der Waals surface area contributed by atoms with E-state index in [4.69, 9.17) is 15.0 Å². The van der Waals surface area contributed by atoms with Gasteiger partial charge in [-0.3, -0.25) is 4.57 Å². The molecule has 0 bridgehead atoms. The summed E-state index contributed by atoms with van der Waals surface area (Å²) in [5.41, 5.74) is 8.15. The third-order valence-corrected chi connectivity index (χ3v) is 12.4. The highest BCUT2D eigenvalue weighted by Gasteiger charge is 2.38. The van der Waals surface area contributed by atoms with Crippen molar-refractivity contribution in [3.05, 3.63) is 229 Å². The average molecular weight is 747 g/mol. The average Bonchev–Trinajstić information content (AvgIpc) is 3.83. The zero-order valence-corrected chi connectivity index (χ0v) is 31.6. The van der Waals surface area contributed by atoms with Gasteiger partial charge in [-0.15, -0.1) is 11.3 Å². The molecule has 0 N–H and O–H groups in total. The predicted octanol–water partition coefficient (Wildman–Crippen LogP) is 13.1. The smallest absolute Gasteiger partial charge is 0.238 e. The van der Waals surface area contributed by atoms with Crippen LogP contribution in [-0.2, 0) is 5.41 Å². The molecule has 4 nitrogen and oxygen atoms in total. The van der Waals surface area contributed by atoms with E-state index in [1.165, 1.54) is 36.9 Å². The molecule has 3 aromatic heterocycles. The van der Waals surface area contributed by atoms with E-state index in [2.05, 4.69) is 211 Å². The molecule has 0 aliphatic carbocycles. The first-order valence-electron chi connectivity index (χ1n) is 19.2. The van der Waals surface area contributed by atoms with E-state index in [9.17, 15) is 0 Å². The maximum atomic E-state index is 5.28.